The fourth-order valence-electron chi connectivity index (χ4n) is 2.41. The molecular weight excluding hydrogens is 214 g/mol. The highest BCUT2D eigenvalue weighted by atomic mass is 16.2. The van der Waals surface area contributed by atoms with Crippen LogP contribution >= 0.6 is 0 Å². The molecular formula is C13H21N3O. The lowest BCUT2D eigenvalue weighted by Crippen LogP contribution is -2.42. The molecule has 2 atom stereocenters. The number of aryl methyl sites for hydroxylation is 1. The molecule has 4 heteroatoms. The van der Waals surface area contributed by atoms with Crippen LogP contribution in [0.5, 0.6) is 0 Å². The van der Waals surface area contributed by atoms with Crippen molar-refractivity contribution < 1.29 is 4.79 Å². The lowest BCUT2D eigenvalue weighted by molar-refractivity contribution is 0.0618. The highest BCUT2D eigenvalue weighted by Gasteiger charge is 2.27. The number of nitrogen functional groups attached to an aromatic ring is 1. The number of piperidine rings is 1. The second-order valence-electron chi connectivity index (χ2n) is 5.26. The van der Waals surface area contributed by atoms with Gasteiger partial charge in [-0.1, -0.05) is 13.8 Å². The third kappa shape index (κ3) is 2.30. The molecule has 0 spiro atoms. The fourth-order valence-corrected chi connectivity index (χ4v) is 2.41. The Balaban J connectivity index is 2.13. The van der Waals surface area contributed by atoms with E-state index in [0.717, 1.165) is 19.5 Å². The van der Waals surface area contributed by atoms with Crippen molar-refractivity contribution in [2.24, 2.45) is 18.9 Å². The highest BCUT2D eigenvalue weighted by molar-refractivity contribution is 5.93. The number of likely N-dealkylation sites (tertiary alicyclic amines) is 1. The molecule has 1 fully saturated rings. The summed E-state index contributed by atoms with van der Waals surface area (Å²) in [5, 5.41) is 0. The number of aromatic nitrogens is 1. The van der Waals surface area contributed by atoms with E-state index in [2.05, 4.69) is 13.8 Å². The summed E-state index contributed by atoms with van der Waals surface area (Å²) in [6, 6.07) is 1.75. The predicted molar refractivity (Wildman–Crippen MR) is 68.7 cm³/mol. The first-order valence-electron chi connectivity index (χ1n) is 6.20. The van der Waals surface area contributed by atoms with Crippen LogP contribution < -0.4 is 5.73 Å². The van der Waals surface area contributed by atoms with Gasteiger partial charge in [0, 0.05) is 26.3 Å². The van der Waals surface area contributed by atoms with Crippen LogP contribution in [0.15, 0.2) is 12.3 Å². The summed E-state index contributed by atoms with van der Waals surface area (Å²) in [6.07, 6.45) is 2.87. The Bertz CT molecular complexity index is 424. The second kappa shape index (κ2) is 4.43. The molecule has 2 N–H and O–H groups in total. The number of amides is 1. The molecule has 1 amide bonds. The third-order valence-corrected chi connectivity index (χ3v) is 3.87. The van der Waals surface area contributed by atoms with Crippen molar-refractivity contribution in [3.63, 3.8) is 0 Å². The molecule has 0 radical (unpaired) electrons. The molecule has 2 unspecified atom stereocenters. The maximum absolute atomic E-state index is 12.3. The van der Waals surface area contributed by atoms with Crippen LogP contribution in [-0.4, -0.2) is 28.5 Å². The molecule has 0 saturated carbocycles. The summed E-state index contributed by atoms with van der Waals surface area (Å²) in [5.41, 5.74) is 7.04. The van der Waals surface area contributed by atoms with Gasteiger partial charge in [0.25, 0.3) is 5.91 Å². The Kier molecular flexibility index (Phi) is 3.13. The molecule has 94 valence electrons. The number of nitrogens with two attached hydrogens (primary N) is 1. The van der Waals surface area contributed by atoms with Gasteiger partial charge >= 0.3 is 0 Å². The predicted octanol–water partition coefficient (Wildman–Crippen LogP) is 1.73. The molecule has 1 aliphatic rings. The van der Waals surface area contributed by atoms with Crippen LogP contribution in [-0.2, 0) is 7.05 Å². The van der Waals surface area contributed by atoms with Crippen LogP contribution in [0, 0.1) is 11.8 Å². The van der Waals surface area contributed by atoms with Gasteiger partial charge in [-0.2, -0.15) is 0 Å². The van der Waals surface area contributed by atoms with Crippen molar-refractivity contribution in [3.8, 4) is 0 Å². The Hall–Kier alpha value is -1.45. The van der Waals surface area contributed by atoms with E-state index in [-0.39, 0.29) is 5.91 Å². The van der Waals surface area contributed by atoms with Gasteiger partial charge in [0.1, 0.15) is 5.69 Å². The number of carbonyl (C=O) groups is 1. The number of hydrogen-bond acceptors (Lipinski definition) is 2. The third-order valence-electron chi connectivity index (χ3n) is 3.87. The average molecular weight is 235 g/mol. The molecule has 4 nitrogen and oxygen atoms in total. The molecule has 0 bridgehead atoms. The van der Waals surface area contributed by atoms with Gasteiger partial charge in [-0.25, -0.2) is 0 Å². The lowest BCUT2D eigenvalue weighted by atomic mass is 9.88. The van der Waals surface area contributed by atoms with E-state index in [4.69, 9.17) is 5.73 Å². The zero-order valence-electron chi connectivity index (χ0n) is 10.8. The maximum atomic E-state index is 12.3. The molecule has 17 heavy (non-hydrogen) atoms. The van der Waals surface area contributed by atoms with Gasteiger partial charge in [0.15, 0.2) is 0 Å². The van der Waals surface area contributed by atoms with E-state index in [1.54, 1.807) is 16.8 Å². The molecule has 1 aliphatic heterocycles. The van der Waals surface area contributed by atoms with Gasteiger partial charge in [-0.3, -0.25) is 4.79 Å². The first-order valence-corrected chi connectivity index (χ1v) is 6.20. The van der Waals surface area contributed by atoms with Crippen LogP contribution in [0.2, 0.25) is 0 Å². The number of rotatable bonds is 1. The van der Waals surface area contributed by atoms with E-state index in [0.29, 0.717) is 23.2 Å². The SMILES string of the molecule is CC1CCN(C(=O)c2cc(N)cn2C)CC1C. The van der Waals surface area contributed by atoms with E-state index in [1.807, 2.05) is 11.9 Å². The highest BCUT2D eigenvalue weighted by Crippen LogP contribution is 2.24. The molecule has 2 rings (SSSR count). The number of hydrogen-bond donors (Lipinski definition) is 1. The van der Waals surface area contributed by atoms with E-state index < -0.39 is 0 Å². The molecule has 1 aromatic rings. The van der Waals surface area contributed by atoms with Crippen molar-refractivity contribution in [1.29, 1.82) is 0 Å². The molecule has 1 aromatic heterocycles. The number of anilines is 1. The summed E-state index contributed by atoms with van der Waals surface area (Å²) in [5.74, 6) is 1.38. The topological polar surface area (TPSA) is 51.3 Å². The molecule has 1 saturated heterocycles. The zero-order valence-corrected chi connectivity index (χ0v) is 10.8. The summed E-state index contributed by atoms with van der Waals surface area (Å²) < 4.78 is 1.81. The van der Waals surface area contributed by atoms with Crippen LogP contribution in [0.1, 0.15) is 30.8 Å². The van der Waals surface area contributed by atoms with Crippen molar-refractivity contribution in [1.82, 2.24) is 9.47 Å². The summed E-state index contributed by atoms with van der Waals surface area (Å²) in [6.45, 7) is 6.18. The van der Waals surface area contributed by atoms with Crippen molar-refractivity contribution in [3.05, 3.63) is 18.0 Å². The Labute approximate surface area is 102 Å². The minimum Gasteiger partial charge on any atom is -0.397 e. The smallest absolute Gasteiger partial charge is 0.270 e. The van der Waals surface area contributed by atoms with Crippen LogP contribution in [0.4, 0.5) is 5.69 Å². The summed E-state index contributed by atoms with van der Waals surface area (Å²) in [4.78, 5) is 14.3. The largest absolute Gasteiger partial charge is 0.397 e. The quantitative estimate of drug-likeness (QED) is 0.806. The van der Waals surface area contributed by atoms with Crippen molar-refractivity contribution >= 4 is 11.6 Å². The van der Waals surface area contributed by atoms with Gasteiger partial charge in [-0.05, 0) is 24.3 Å². The van der Waals surface area contributed by atoms with Gasteiger partial charge in [0.05, 0.1) is 5.69 Å². The van der Waals surface area contributed by atoms with Crippen LogP contribution in [0.25, 0.3) is 0 Å². The molecule has 0 aromatic carbocycles. The standard InChI is InChI=1S/C13H21N3O/c1-9-4-5-16(7-10(9)2)13(17)12-6-11(14)8-15(12)3/h6,8-10H,4-5,7,14H2,1-3H3. The minimum absolute atomic E-state index is 0.1000. The van der Waals surface area contributed by atoms with E-state index in [9.17, 15) is 4.79 Å². The Morgan fingerprint density at radius 1 is 1.41 bits per heavy atom. The summed E-state index contributed by atoms with van der Waals surface area (Å²) >= 11 is 0. The minimum atomic E-state index is 0.1000. The van der Waals surface area contributed by atoms with E-state index in [1.165, 1.54) is 0 Å². The molecule has 2 heterocycles. The zero-order chi connectivity index (χ0) is 12.6. The second-order valence-corrected chi connectivity index (χ2v) is 5.26. The Morgan fingerprint density at radius 2 is 2.12 bits per heavy atom. The Morgan fingerprint density at radius 3 is 2.65 bits per heavy atom. The van der Waals surface area contributed by atoms with Crippen molar-refractivity contribution in [2.75, 3.05) is 18.8 Å². The monoisotopic (exact) mass is 235 g/mol. The lowest BCUT2D eigenvalue weighted by Gasteiger charge is -2.35. The van der Waals surface area contributed by atoms with Gasteiger partial charge in [-0.15, -0.1) is 0 Å². The van der Waals surface area contributed by atoms with Gasteiger partial charge in [0.2, 0.25) is 0 Å². The first-order chi connectivity index (χ1) is 7.99. The number of nitrogens with zero attached hydrogens (tertiary/aromatic N) is 2. The first kappa shape index (κ1) is 12.0. The van der Waals surface area contributed by atoms with Gasteiger partial charge < -0.3 is 15.2 Å². The van der Waals surface area contributed by atoms with E-state index >= 15 is 0 Å². The van der Waals surface area contributed by atoms with Crippen LogP contribution in [0.3, 0.4) is 0 Å². The summed E-state index contributed by atoms with van der Waals surface area (Å²) in [7, 11) is 1.86. The molecule has 0 aliphatic carbocycles. The van der Waals surface area contributed by atoms with Crippen molar-refractivity contribution in [2.45, 2.75) is 20.3 Å². The number of carbonyl (C=O) groups excluding carboxylic acids is 1. The normalized spacial score (nSPS) is 25.0. The fraction of sp³-hybridized carbons (Fsp3) is 0.615. The maximum Gasteiger partial charge on any atom is 0.270 e. The average Bonchev–Trinajstić information content (AvgIpc) is 2.61.